The van der Waals surface area contributed by atoms with E-state index in [1.807, 2.05) is 19.1 Å². The van der Waals surface area contributed by atoms with Gasteiger partial charge >= 0.3 is 0 Å². The zero-order valence-electron chi connectivity index (χ0n) is 8.95. The average Bonchev–Trinajstić information content (AvgIpc) is 2.26. The van der Waals surface area contributed by atoms with Gasteiger partial charge in [0.1, 0.15) is 17.3 Å². The van der Waals surface area contributed by atoms with E-state index in [0.717, 1.165) is 0 Å². The lowest BCUT2D eigenvalue weighted by molar-refractivity contribution is 0.128. The maximum absolute atomic E-state index is 7.25. The van der Waals surface area contributed by atoms with Crippen molar-refractivity contribution < 1.29 is 4.74 Å². The van der Waals surface area contributed by atoms with Crippen LogP contribution in [0.2, 0.25) is 0 Å². The minimum Gasteiger partial charge on any atom is -0.382 e. The highest BCUT2D eigenvalue weighted by atomic mass is 16.5. The van der Waals surface area contributed by atoms with Gasteiger partial charge in [-0.25, -0.2) is 4.98 Å². The Bertz CT molecular complexity index is 340. The van der Waals surface area contributed by atoms with Gasteiger partial charge in [-0.1, -0.05) is 6.07 Å². The van der Waals surface area contributed by atoms with Gasteiger partial charge in [-0.05, 0) is 19.1 Å². The summed E-state index contributed by atoms with van der Waals surface area (Å²) in [6.07, 6.45) is 0.118. The molecule has 0 saturated carbocycles. The van der Waals surface area contributed by atoms with Crippen molar-refractivity contribution in [2.45, 2.75) is 13.0 Å². The molecule has 1 atom stereocenters. The van der Waals surface area contributed by atoms with E-state index < -0.39 is 0 Å². The van der Waals surface area contributed by atoms with Gasteiger partial charge in [-0.2, -0.15) is 0 Å². The summed E-state index contributed by atoms with van der Waals surface area (Å²) in [5.74, 6) is 0.671. The Morgan fingerprint density at radius 3 is 3.00 bits per heavy atom. The summed E-state index contributed by atoms with van der Waals surface area (Å²) < 4.78 is 5.09. The van der Waals surface area contributed by atoms with E-state index in [-0.39, 0.29) is 11.9 Å². The lowest BCUT2D eigenvalue weighted by Gasteiger charge is -2.11. The van der Waals surface area contributed by atoms with Crippen molar-refractivity contribution in [1.29, 1.82) is 5.41 Å². The third-order valence-corrected chi connectivity index (χ3v) is 2.00. The van der Waals surface area contributed by atoms with Crippen LogP contribution >= 0.6 is 0 Å². The molecule has 1 heterocycles. The number of aromatic nitrogens is 1. The molecule has 1 aromatic rings. The largest absolute Gasteiger partial charge is 0.382 e. The van der Waals surface area contributed by atoms with Crippen molar-refractivity contribution in [1.82, 2.24) is 4.98 Å². The van der Waals surface area contributed by atoms with E-state index in [1.54, 1.807) is 13.2 Å². The molecule has 0 saturated heterocycles. The summed E-state index contributed by atoms with van der Waals surface area (Å²) >= 11 is 0. The first-order valence-electron chi connectivity index (χ1n) is 4.71. The summed E-state index contributed by atoms with van der Waals surface area (Å²) in [7, 11) is 1.66. The topological polar surface area (TPSA) is 84.0 Å². The van der Waals surface area contributed by atoms with E-state index in [0.29, 0.717) is 18.1 Å². The fourth-order valence-electron chi connectivity index (χ4n) is 1.01. The van der Waals surface area contributed by atoms with Crippen LogP contribution in [0.1, 0.15) is 12.6 Å². The van der Waals surface area contributed by atoms with Gasteiger partial charge < -0.3 is 15.8 Å². The number of pyridine rings is 1. The molecule has 0 aliphatic rings. The minimum atomic E-state index is -0.0292. The Morgan fingerprint density at radius 2 is 2.40 bits per heavy atom. The number of hydrogen-bond donors (Lipinski definition) is 3. The van der Waals surface area contributed by atoms with Crippen molar-refractivity contribution >= 4 is 11.7 Å². The molecule has 0 spiro atoms. The summed E-state index contributed by atoms with van der Waals surface area (Å²) in [5, 5.41) is 10.3. The van der Waals surface area contributed by atoms with E-state index in [2.05, 4.69) is 10.3 Å². The zero-order valence-corrected chi connectivity index (χ0v) is 8.95. The summed E-state index contributed by atoms with van der Waals surface area (Å²) in [6, 6.07) is 5.34. The van der Waals surface area contributed by atoms with Crippen LogP contribution in [0.15, 0.2) is 18.2 Å². The van der Waals surface area contributed by atoms with Gasteiger partial charge in [0.25, 0.3) is 0 Å². The van der Waals surface area contributed by atoms with Crippen LogP contribution in [0, 0.1) is 5.41 Å². The van der Waals surface area contributed by atoms with Crippen LogP contribution in [0.25, 0.3) is 0 Å². The van der Waals surface area contributed by atoms with Crippen LogP contribution in [0.3, 0.4) is 0 Å². The fourth-order valence-corrected chi connectivity index (χ4v) is 1.01. The number of methoxy groups -OCH3 is 1. The molecule has 0 fully saturated rings. The van der Waals surface area contributed by atoms with Gasteiger partial charge in [-0.3, -0.25) is 5.41 Å². The lowest BCUT2D eigenvalue weighted by Crippen LogP contribution is -2.20. The minimum absolute atomic E-state index is 0.0292. The number of nitrogens with zero attached hydrogens (tertiary/aromatic N) is 1. The predicted octanol–water partition coefficient (Wildman–Crippen LogP) is 0.812. The zero-order chi connectivity index (χ0) is 11.3. The molecule has 0 aromatic carbocycles. The molecule has 0 aliphatic carbocycles. The predicted molar refractivity (Wildman–Crippen MR) is 60.2 cm³/mol. The van der Waals surface area contributed by atoms with Crippen LogP contribution in [0.5, 0.6) is 0 Å². The van der Waals surface area contributed by atoms with E-state index >= 15 is 0 Å². The molecule has 0 radical (unpaired) electrons. The number of amidine groups is 1. The van der Waals surface area contributed by atoms with Gasteiger partial charge in [0, 0.05) is 13.7 Å². The Labute approximate surface area is 89.2 Å². The Balaban J connectivity index is 2.62. The number of nitrogen functional groups attached to an aromatic ring is 1. The van der Waals surface area contributed by atoms with E-state index in [9.17, 15) is 0 Å². The first-order chi connectivity index (χ1) is 7.13. The van der Waals surface area contributed by atoms with Gasteiger partial charge in [0.15, 0.2) is 0 Å². The average molecular weight is 208 g/mol. The summed E-state index contributed by atoms with van der Waals surface area (Å²) in [6.45, 7) is 2.63. The molecule has 82 valence electrons. The molecule has 1 rings (SSSR count). The number of anilines is 1. The third-order valence-electron chi connectivity index (χ3n) is 2.00. The smallest absolute Gasteiger partial charge is 0.141 e. The third kappa shape index (κ3) is 3.55. The second kappa shape index (κ2) is 5.31. The van der Waals surface area contributed by atoms with Crippen molar-refractivity contribution in [3.05, 3.63) is 23.9 Å². The number of nitrogens with one attached hydrogen (secondary N) is 2. The number of nitrogens with two attached hydrogens (primary N) is 1. The maximum Gasteiger partial charge on any atom is 0.141 e. The molecule has 5 nitrogen and oxygen atoms in total. The highest BCUT2D eigenvalue weighted by Crippen LogP contribution is 2.04. The monoisotopic (exact) mass is 208 g/mol. The second-order valence-corrected chi connectivity index (χ2v) is 3.25. The molecular weight excluding hydrogens is 192 g/mol. The molecule has 0 amide bonds. The van der Waals surface area contributed by atoms with Crippen LogP contribution in [-0.4, -0.2) is 30.6 Å². The van der Waals surface area contributed by atoms with Gasteiger partial charge in [-0.15, -0.1) is 0 Å². The quantitative estimate of drug-likeness (QED) is 0.494. The molecule has 1 aromatic heterocycles. The number of rotatable bonds is 5. The Kier molecular flexibility index (Phi) is 4.05. The molecule has 1 unspecified atom stereocenters. The SMILES string of the molecule is COC(C)CNc1cccc(C(=N)N)n1. The summed E-state index contributed by atoms with van der Waals surface area (Å²) in [4.78, 5) is 4.16. The maximum atomic E-state index is 7.25. The normalized spacial score (nSPS) is 12.1. The van der Waals surface area contributed by atoms with Gasteiger partial charge in [0.2, 0.25) is 0 Å². The fraction of sp³-hybridized carbons (Fsp3) is 0.400. The van der Waals surface area contributed by atoms with Crippen molar-refractivity contribution in [3.8, 4) is 0 Å². The lowest BCUT2D eigenvalue weighted by atomic mass is 10.3. The van der Waals surface area contributed by atoms with E-state index in [1.165, 1.54) is 0 Å². The summed E-state index contributed by atoms with van der Waals surface area (Å²) in [5.41, 5.74) is 5.81. The molecule has 0 aliphatic heterocycles. The molecule has 15 heavy (non-hydrogen) atoms. The van der Waals surface area contributed by atoms with E-state index in [4.69, 9.17) is 15.9 Å². The van der Waals surface area contributed by atoms with Crippen molar-refractivity contribution in [2.75, 3.05) is 19.0 Å². The van der Waals surface area contributed by atoms with Crippen LogP contribution in [-0.2, 0) is 4.74 Å². The Hall–Kier alpha value is -1.62. The van der Waals surface area contributed by atoms with Crippen LogP contribution in [0.4, 0.5) is 5.82 Å². The molecule has 5 heteroatoms. The standard InChI is InChI=1S/C10H16N4O/c1-7(15-2)6-13-9-5-3-4-8(14-9)10(11)12/h3-5,7H,6H2,1-2H3,(H3,11,12)(H,13,14). The van der Waals surface area contributed by atoms with Gasteiger partial charge in [0.05, 0.1) is 6.10 Å². The molecule has 0 bridgehead atoms. The highest BCUT2D eigenvalue weighted by molar-refractivity contribution is 5.93. The number of hydrogen-bond acceptors (Lipinski definition) is 4. The second-order valence-electron chi connectivity index (χ2n) is 3.25. The molecule has 4 N–H and O–H groups in total. The first kappa shape index (κ1) is 11.5. The first-order valence-corrected chi connectivity index (χ1v) is 4.71. The number of ether oxygens (including phenoxy) is 1. The molecular formula is C10H16N4O. The van der Waals surface area contributed by atoms with Crippen molar-refractivity contribution in [3.63, 3.8) is 0 Å². The van der Waals surface area contributed by atoms with Crippen molar-refractivity contribution in [2.24, 2.45) is 5.73 Å². The highest BCUT2D eigenvalue weighted by Gasteiger charge is 2.02. The Morgan fingerprint density at radius 1 is 1.67 bits per heavy atom. The van der Waals surface area contributed by atoms with Crippen LogP contribution < -0.4 is 11.1 Å².